The van der Waals surface area contributed by atoms with Gasteiger partial charge in [-0.25, -0.2) is 0 Å². The van der Waals surface area contributed by atoms with Crippen molar-refractivity contribution in [1.82, 2.24) is 20.2 Å². The van der Waals surface area contributed by atoms with Crippen molar-refractivity contribution in [3.8, 4) is 17.1 Å². The van der Waals surface area contributed by atoms with E-state index >= 15 is 0 Å². The van der Waals surface area contributed by atoms with Gasteiger partial charge in [-0.15, -0.1) is 23.4 Å². The van der Waals surface area contributed by atoms with Crippen molar-refractivity contribution in [1.29, 1.82) is 0 Å². The summed E-state index contributed by atoms with van der Waals surface area (Å²) in [4.78, 5) is 1.38. The summed E-state index contributed by atoms with van der Waals surface area (Å²) in [5.41, 5.74) is 0.573. The molecule has 0 aliphatic heterocycles. The second-order valence-corrected chi connectivity index (χ2v) is 3.37. The lowest BCUT2D eigenvalue weighted by molar-refractivity contribution is -0.274. The summed E-state index contributed by atoms with van der Waals surface area (Å²) in [6.45, 7) is 2.42. The number of aryl methyl sites for hydroxylation is 1. The molecule has 18 heavy (non-hydrogen) atoms. The molecule has 0 fully saturated rings. The zero-order valence-electron chi connectivity index (χ0n) is 9.35. The van der Waals surface area contributed by atoms with Gasteiger partial charge in [0.05, 0.1) is 6.54 Å². The van der Waals surface area contributed by atoms with Crippen molar-refractivity contribution in [2.24, 2.45) is 0 Å². The molecule has 0 bridgehead atoms. The summed E-state index contributed by atoms with van der Waals surface area (Å²) >= 11 is 0. The van der Waals surface area contributed by atoms with E-state index in [1.54, 1.807) is 0 Å². The molecular formula is C10H9F3N4O. The van der Waals surface area contributed by atoms with Gasteiger partial charge in [0, 0.05) is 5.56 Å². The normalized spacial score (nSPS) is 11.6. The molecule has 5 nitrogen and oxygen atoms in total. The molecular weight excluding hydrogens is 249 g/mol. The van der Waals surface area contributed by atoms with E-state index < -0.39 is 6.36 Å². The quantitative estimate of drug-likeness (QED) is 0.847. The highest BCUT2D eigenvalue weighted by atomic mass is 19.4. The van der Waals surface area contributed by atoms with Crippen LogP contribution in [0.2, 0.25) is 0 Å². The molecule has 1 aromatic heterocycles. The Morgan fingerprint density at radius 3 is 2.39 bits per heavy atom. The smallest absolute Gasteiger partial charge is 0.406 e. The molecule has 0 amide bonds. The molecule has 1 heterocycles. The molecule has 0 saturated carbocycles. The zero-order chi connectivity index (χ0) is 13.2. The van der Waals surface area contributed by atoms with E-state index in [4.69, 9.17) is 0 Å². The highest BCUT2D eigenvalue weighted by molar-refractivity contribution is 5.55. The Kier molecular flexibility index (Phi) is 3.17. The number of hydrogen-bond donors (Lipinski definition) is 0. The number of alkyl halides is 3. The molecule has 2 aromatic rings. The Balaban J connectivity index is 2.17. The van der Waals surface area contributed by atoms with Crippen molar-refractivity contribution in [3.63, 3.8) is 0 Å². The lowest BCUT2D eigenvalue weighted by Crippen LogP contribution is -2.16. The van der Waals surface area contributed by atoms with E-state index in [-0.39, 0.29) is 5.75 Å². The van der Waals surface area contributed by atoms with Crippen LogP contribution in [0.25, 0.3) is 11.4 Å². The second kappa shape index (κ2) is 4.63. The number of rotatable bonds is 3. The van der Waals surface area contributed by atoms with Gasteiger partial charge in [-0.05, 0) is 36.4 Å². The lowest BCUT2D eigenvalue weighted by atomic mass is 10.2. The van der Waals surface area contributed by atoms with Crippen LogP contribution in [-0.4, -0.2) is 26.6 Å². The fraction of sp³-hybridized carbons (Fsp3) is 0.300. The van der Waals surface area contributed by atoms with Crippen LogP contribution in [0.1, 0.15) is 6.92 Å². The molecule has 0 unspecified atom stereocenters. The molecule has 1 aromatic carbocycles. The third kappa shape index (κ3) is 2.96. The first-order chi connectivity index (χ1) is 8.48. The molecule has 0 N–H and O–H groups in total. The summed E-state index contributed by atoms with van der Waals surface area (Å²) < 4.78 is 39.6. The molecule has 2 rings (SSSR count). The number of tetrazole rings is 1. The molecule has 96 valence electrons. The third-order valence-electron chi connectivity index (χ3n) is 2.08. The number of halogens is 3. The van der Waals surface area contributed by atoms with Crippen molar-refractivity contribution >= 4 is 0 Å². The van der Waals surface area contributed by atoms with E-state index in [9.17, 15) is 13.2 Å². The summed E-state index contributed by atoms with van der Waals surface area (Å²) in [5, 5.41) is 11.6. The van der Waals surface area contributed by atoms with Crippen molar-refractivity contribution in [3.05, 3.63) is 24.3 Å². The molecule has 0 radical (unpaired) electrons. The van der Waals surface area contributed by atoms with Crippen molar-refractivity contribution in [2.75, 3.05) is 0 Å². The molecule has 0 aliphatic carbocycles. The minimum atomic E-state index is -4.69. The van der Waals surface area contributed by atoms with Gasteiger partial charge in [0.25, 0.3) is 0 Å². The Bertz CT molecular complexity index is 521. The van der Waals surface area contributed by atoms with Gasteiger partial charge in [-0.1, -0.05) is 0 Å². The summed E-state index contributed by atoms with van der Waals surface area (Å²) in [6, 6.07) is 5.29. The van der Waals surface area contributed by atoms with E-state index in [1.807, 2.05) is 6.92 Å². The van der Waals surface area contributed by atoms with Crippen LogP contribution in [-0.2, 0) is 6.54 Å². The maximum atomic E-state index is 12.0. The first kappa shape index (κ1) is 12.3. The maximum absolute atomic E-state index is 12.0. The fourth-order valence-electron chi connectivity index (χ4n) is 1.30. The summed E-state index contributed by atoms with van der Waals surface area (Å²) in [5.74, 6) is 0.0737. The highest BCUT2D eigenvalue weighted by Crippen LogP contribution is 2.24. The van der Waals surface area contributed by atoms with E-state index in [1.165, 1.54) is 29.1 Å². The lowest BCUT2D eigenvalue weighted by Gasteiger charge is -2.08. The van der Waals surface area contributed by atoms with Crippen LogP contribution in [0.3, 0.4) is 0 Å². The van der Waals surface area contributed by atoms with Gasteiger partial charge in [-0.3, -0.25) is 0 Å². The second-order valence-electron chi connectivity index (χ2n) is 3.37. The van der Waals surface area contributed by atoms with Crippen LogP contribution in [0.5, 0.6) is 5.75 Å². The van der Waals surface area contributed by atoms with Crippen LogP contribution in [0, 0.1) is 0 Å². The topological polar surface area (TPSA) is 52.8 Å². The molecule has 0 aliphatic rings. The van der Waals surface area contributed by atoms with Gasteiger partial charge >= 0.3 is 6.36 Å². The Labute approximate surface area is 100 Å². The number of aromatic nitrogens is 4. The van der Waals surface area contributed by atoms with Crippen LogP contribution >= 0.6 is 0 Å². The average Bonchev–Trinajstić information content (AvgIpc) is 2.76. The Hall–Kier alpha value is -2.12. The predicted octanol–water partition coefficient (Wildman–Crippen LogP) is 2.26. The largest absolute Gasteiger partial charge is 0.573 e. The van der Waals surface area contributed by atoms with Gasteiger partial charge in [-0.2, -0.15) is 4.80 Å². The Morgan fingerprint density at radius 1 is 1.22 bits per heavy atom. The first-order valence-electron chi connectivity index (χ1n) is 5.12. The van der Waals surface area contributed by atoms with E-state index in [0.717, 1.165) is 0 Å². The van der Waals surface area contributed by atoms with Gasteiger partial charge in [0.2, 0.25) is 5.82 Å². The van der Waals surface area contributed by atoms with Gasteiger partial charge in [0.15, 0.2) is 0 Å². The summed E-state index contributed by atoms with van der Waals surface area (Å²) in [7, 11) is 0. The minimum Gasteiger partial charge on any atom is -0.406 e. The minimum absolute atomic E-state index is 0.283. The number of benzene rings is 1. The predicted molar refractivity (Wildman–Crippen MR) is 55.6 cm³/mol. The molecule has 0 atom stereocenters. The van der Waals surface area contributed by atoms with Crippen LogP contribution in [0.4, 0.5) is 13.2 Å². The third-order valence-corrected chi connectivity index (χ3v) is 2.08. The standard InChI is InChI=1S/C10H9F3N4O/c1-2-17-15-9(14-16-17)7-3-5-8(6-4-7)18-10(11,12)13/h3-6H,2H2,1H3. The monoisotopic (exact) mass is 258 g/mol. The fourth-order valence-corrected chi connectivity index (χ4v) is 1.30. The molecule has 8 heteroatoms. The number of nitrogens with zero attached hydrogens (tertiary/aromatic N) is 4. The average molecular weight is 258 g/mol. The number of hydrogen-bond acceptors (Lipinski definition) is 4. The summed E-state index contributed by atoms with van der Waals surface area (Å²) in [6.07, 6.45) is -4.69. The Morgan fingerprint density at radius 2 is 1.89 bits per heavy atom. The molecule has 0 spiro atoms. The number of ether oxygens (including phenoxy) is 1. The first-order valence-corrected chi connectivity index (χ1v) is 5.12. The van der Waals surface area contributed by atoms with Crippen LogP contribution in [0.15, 0.2) is 24.3 Å². The van der Waals surface area contributed by atoms with Gasteiger partial charge in [0.1, 0.15) is 5.75 Å². The molecule has 0 saturated heterocycles. The zero-order valence-corrected chi connectivity index (χ0v) is 9.35. The maximum Gasteiger partial charge on any atom is 0.573 e. The van der Waals surface area contributed by atoms with E-state index in [2.05, 4.69) is 20.1 Å². The highest BCUT2D eigenvalue weighted by Gasteiger charge is 2.30. The van der Waals surface area contributed by atoms with E-state index in [0.29, 0.717) is 17.9 Å². The van der Waals surface area contributed by atoms with Gasteiger partial charge < -0.3 is 4.74 Å². The van der Waals surface area contributed by atoms with Crippen molar-refractivity contribution in [2.45, 2.75) is 19.8 Å². The SMILES string of the molecule is CCn1nnc(-c2ccc(OC(F)(F)F)cc2)n1. The van der Waals surface area contributed by atoms with Crippen LogP contribution < -0.4 is 4.74 Å². The van der Waals surface area contributed by atoms with Crippen molar-refractivity contribution < 1.29 is 17.9 Å².